The lowest BCUT2D eigenvalue weighted by molar-refractivity contribution is -0.0386. The lowest BCUT2D eigenvalue weighted by Gasteiger charge is -2.30. The van der Waals surface area contributed by atoms with Gasteiger partial charge >= 0.3 is 0 Å². The van der Waals surface area contributed by atoms with Gasteiger partial charge in [0.05, 0.1) is 12.2 Å². The van der Waals surface area contributed by atoms with Gasteiger partial charge in [-0.1, -0.05) is 30.8 Å². The molecule has 0 amide bonds. The lowest BCUT2D eigenvalue weighted by atomic mass is 9.96. The van der Waals surface area contributed by atoms with Crippen molar-refractivity contribution in [2.45, 2.75) is 58.0 Å². The van der Waals surface area contributed by atoms with Gasteiger partial charge in [0.15, 0.2) is 5.16 Å². The fourth-order valence-electron chi connectivity index (χ4n) is 2.80. The lowest BCUT2D eigenvalue weighted by Crippen LogP contribution is -2.34. The van der Waals surface area contributed by atoms with E-state index in [4.69, 9.17) is 4.74 Å². The van der Waals surface area contributed by atoms with E-state index in [0.717, 1.165) is 31.8 Å². The third-order valence-electron chi connectivity index (χ3n) is 3.83. The Balaban J connectivity index is 2.24. The van der Waals surface area contributed by atoms with Crippen LogP contribution in [0.15, 0.2) is 22.1 Å². The van der Waals surface area contributed by atoms with Crippen LogP contribution in [0.1, 0.15) is 38.1 Å². The predicted molar refractivity (Wildman–Crippen MR) is 97.7 cm³/mol. The van der Waals surface area contributed by atoms with Crippen molar-refractivity contribution in [2.75, 3.05) is 5.75 Å². The first-order valence-corrected chi connectivity index (χ1v) is 9.59. The molecule has 6 heteroatoms. The molecule has 3 rings (SSSR count). The normalized spacial score (nSPS) is 16.5. The van der Waals surface area contributed by atoms with E-state index >= 15 is 0 Å². The molecule has 0 N–H and O–H groups in total. The third-order valence-corrected chi connectivity index (χ3v) is 5.91. The maximum absolute atomic E-state index is 13.0. The Hall–Kier alpha value is -1.11. The Morgan fingerprint density at radius 1 is 1.52 bits per heavy atom. The van der Waals surface area contributed by atoms with Crippen molar-refractivity contribution in [2.24, 2.45) is 0 Å². The summed E-state index contributed by atoms with van der Waals surface area (Å²) < 4.78 is 8.01. The predicted octanol–water partition coefficient (Wildman–Crippen LogP) is 4.00. The Bertz CT molecular complexity index is 833. The second kappa shape index (κ2) is 6.07. The van der Waals surface area contributed by atoms with Crippen LogP contribution in [0.4, 0.5) is 0 Å². The standard InChI is InChI=1S/C17H22N2O2S2/c1-6-22-16-18-13-14(20)11-7-17(4,5)21-9-12(11)23-15(13)19(16)8-10(2)3/h2,6-9H2,1,3-5H3. The van der Waals surface area contributed by atoms with Crippen molar-refractivity contribution in [3.63, 3.8) is 0 Å². The average molecular weight is 351 g/mol. The molecule has 0 spiro atoms. The van der Waals surface area contributed by atoms with Crippen molar-refractivity contribution < 1.29 is 4.74 Å². The summed E-state index contributed by atoms with van der Waals surface area (Å²) in [6.45, 7) is 13.4. The number of aromatic nitrogens is 2. The fourth-order valence-corrected chi connectivity index (χ4v) is 4.72. The highest BCUT2D eigenvalue weighted by Crippen LogP contribution is 2.33. The van der Waals surface area contributed by atoms with Gasteiger partial charge in [0, 0.05) is 23.4 Å². The SMILES string of the molecule is C=C(C)Cn1c(SCC)nc2c(=O)c3c(sc21)COC(C)(C)C3. The number of allylic oxidation sites excluding steroid dienone is 1. The van der Waals surface area contributed by atoms with E-state index < -0.39 is 0 Å². The summed E-state index contributed by atoms with van der Waals surface area (Å²) in [6.07, 6.45) is 0.650. The van der Waals surface area contributed by atoms with Gasteiger partial charge in [-0.25, -0.2) is 4.98 Å². The van der Waals surface area contributed by atoms with Crippen LogP contribution in [0.25, 0.3) is 10.3 Å². The van der Waals surface area contributed by atoms with Crippen molar-refractivity contribution in [1.82, 2.24) is 9.55 Å². The summed E-state index contributed by atoms with van der Waals surface area (Å²) in [5.74, 6) is 0.925. The molecular formula is C17H22N2O2S2. The molecule has 2 aromatic rings. The van der Waals surface area contributed by atoms with Gasteiger partial charge in [-0.2, -0.15) is 0 Å². The van der Waals surface area contributed by atoms with Crippen molar-refractivity contribution in [1.29, 1.82) is 0 Å². The molecule has 2 aromatic heterocycles. The molecule has 0 bridgehead atoms. The molecule has 0 fully saturated rings. The van der Waals surface area contributed by atoms with Crippen LogP contribution < -0.4 is 5.43 Å². The third kappa shape index (κ3) is 3.12. The van der Waals surface area contributed by atoms with E-state index in [-0.39, 0.29) is 11.0 Å². The highest BCUT2D eigenvalue weighted by molar-refractivity contribution is 7.99. The average Bonchev–Trinajstić information content (AvgIpc) is 2.78. The number of rotatable bonds is 4. The van der Waals surface area contributed by atoms with Gasteiger partial charge in [0.25, 0.3) is 0 Å². The van der Waals surface area contributed by atoms with E-state index in [1.807, 2.05) is 20.8 Å². The number of fused-ring (bicyclic) bond motifs is 2. The Morgan fingerprint density at radius 3 is 2.91 bits per heavy atom. The molecule has 0 saturated carbocycles. The summed E-state index contributed by atoms with van der Waals surface area (Å²) in [7, 11) is 0. The fraction of sp³-hybridized carbons (Fsp3) is 0.529. The summed E-state index contributed by atoms with van der Waals surface area (Å²) >= 11 is 3.31. The highest BCUT2D eigenvalue weighted by atomic mass is 32.2. The first-order valence-electron chi connectivity index (χ1n) is 7.78. The second-order valence-electron chi connectivity index (χ2n) is 6.58. The molecule has 0 saturated heterocycles. The van der Waals surface area contributed by atoms with Crippen molar-refractivity contribution >= 4 is 33.4 Å². The number of hydrogen-bond acceptors (Lipinski definition) is 5. The molecule has 23 heavy (non-hydrogen) atoms. The zero-order valence-electron chi connectivity index (χ0n) is 14.1. The van der Waals surface area contributed by atoms with Crippen molar-refractivity contribution in [3.05, 3.63) is 32.8 Å². The van der Waals surface area contributed by atoms with Gasteiger partial charge in [-0.3, -0.25) is 4.79 Å². The maximum atomic E-state index is 13.0. The minimum absolute atomic E-state index is 0.0727. The number of thioether (sulfide) groups is 1. The van der Waals surface area contributed by atoms with Gasteiger partial charge < -0.3 is 9.30 Å². The summed E-state index contributed by atoms with van der Waals surface area (Å²) in [4.78, 5) is 19.6. The van der Waals surface area contributed by atoms with Gasteiger partial charge in [-0.05, 0) is 26.5 Å². The summed E-state index contributed by atoms with van der Waals surface area (Å²) in [6, 6.07) is 0. The highest BCUT2D eigenvalue weighted by Gasteiger charge is 2.30. The van der Waals surface area contributed by atoms with E-state index in [1.54, 1.807) is 23.1 Å². The first-order chi connectivity index (χ1) is 10.8. The van der Waals surface area contributed by atoms with Crippen LogP contribution in [-0.4, -0.2) is 20.9 Å². The number of hydrogen-bond donors (Lipinski definition) is 0. The van der Waals surface area contributed by atoms with Crippen LogP contribution in [0, 0.1) is 0 Å². The van der Waals surface area contributed by atoms with Gasteiger partial charge in [0.2, 0.25) is 5.43 Å². The number of ether oxygens (including phenoxy) is 1. The molecular weight excluding hydrogens is 328 g/mol. The zero-order chi connectivity index (χ0) is 16.8. The van der Waals surface area contributed by atoms with E-state index in [0.29, 0.717) is 25.1 Å². The molecule has 0 aliphatic carbocycles. The van der Waals surface area contributed by atoms with E-state index in [2.05, 4.69) is 23.1 Å². The summed E-state index contributed by atoms with van der Waals surface area (Å²) in [5.41, 5.74) is 2.32. The minimum Gasteiger partial charge on any atom is -0.370 e. The number of nitrogens with zero attached hydrogens (tertiary/aromatic N) is 2. The quantitative estimate of drug-likeness (QED) is 0.617. The van der Waals surface area contributed by atoms with Gasteiger partial charge in [0.1, 0.15) is 10.3 Å². The van der Waals surface area contributed by atoms with Gasteiger partial charge in [-0.15, -0.1) is 11.3 Å². The molecule has 0 radical (unpaired) electrons. The van der Waals surface area contributed by atoms with Crippen LogP contribution >= 0.6 is 23.1 Å². The molecule has 0 aromatic carbocycles. The molecule has 4 nitrogen and oxygen atoms in total. The molecule has 3 heterocycles. The molecule has 1 aliphatic heterocycles. The molecule has 124 valence electrons. The summed E-state index contributed by atoms with van der Waals surface area (Å²) in [5, 5.41) is 0.904. The van der Waals surface area contributed by atoms with E-state index in [1.165, 1.54) is 0 Å². The zero-order valence-corrected chi connectivity index (χ0v) is 15.7. The van der Waals surface area contributed by atoms with Crippen molar-refractivity contribution in [3.8, 4) is 0 Å². The Labute approximate surface area is 144 Å². The molecule has 0 atom stereocenters. The van der Waals surface area contributed by atoms with Crippen LogP contribution in [0.5, 0.6) is 0 Å². The topological polar surface area (TPSA) is 44.1 Å². The monoisotopic (exact) mass is 350 g/mol. The molecule has 1 aliphatic rings. The minimum atomic E-state index is -0.284. The Kier molecular flexibility index (Phi) is 4.42. The van der Waals surface area contributed by atoms with E-state index in [9.17, 15) is 4.79 Å². The second-order valence-corrected chi connectivity index (χ2v) is 8.90. The number of imidazole rings is 1. The smallest absolute Gasteiger partial charge is 0.211 e. The largest absolute Gasteiger partial charge is 0.370 e. The maximum Gasteiger partial charge on any atom is 0.211 e. The van der Waals surface area contributed by atoms with Crippen LogP contribution in [0.3, 0.4) is 0 Å². The molecule has 0 unspecified atom stereocenters. The Morgan fingerprint density at radius 2 is 2.26 bits per heavy atom. The van der Waals surface area contributed by atoms with Crippen LogP contribution in [-0.2, 0) is 24.3 Å². The van der Waals surface area contributed by atoms with Crippen LogP contribution in [0.2, 0.25) is 0 Å². The first kappa shape index (κ1) is 16.7.